The standard InChI is InChI=1S/C37H51N5O6/c1-5-29(43)40-30(25-15-8-6-9-16-25)35(46)41-31(26-17-10-7-11-18-26)37(48)42-21-23(4)27(19-22(2)3)32(42)36(47)39-28(33(44)34(38)45)20-24-13-12-14-24/h6,8-9,15-16,23-24,26,28,30-32H,5,7,10-14,17-18,20-21H2,1-4H3,(H2,38,45)(H,39,47)(H,40,43)(H,41,46)/t23-,28?,30-,31-,32-/m0/s1. The Morgan fingerprint density at radius 1 is 0.917 bits per heavy atom. The van der Waals surface area contributed by atoms with Crippen LogP contribution in [0.2, 0.25) is 0 Å². The minimum absolute atomic E-state index is 0.174. The quantitative estimate of drug-likeness (QED) is 0.187. The highest BCUT2D eigenvalue weighted by atomic mass is 16.2. The number of carbonyl (C=O) groups excluding carboxylic acids is 6. The van der Waals surface area contributed by atoms with Crippen LogP contribution in [0, 0.1) is 17.8 Å². The molecule has 1 aromatic rings. The number of Topliss-reactive ketones (excluding diaryl/α,β-unsaturated/α-hetero) is 1. The number of nitrogens with two attached hydrogens (primary N) is 1. The lowest BCUT2D eigenvalue weighted by atomic mass is 9.80. The Morgan fingerprint density at radius 3 is 2.15 bits per heavy atom. The van der Waals surface area contributed by atoms with Gasteiger partial charge in [0.25, 0.3) is 5.91 Å². The highest BCUT2D eigenvalue weighted by Gasteiger charge is 2.47. The molecule has 1 saturated heterocycles. The first kappa shape index (κ1) is 36.6. The summed E-state index contributed by atoms with van der Waals surface area (Å²) < 4.78 is 0. The second-order valence-corrected chi connectivity index (χ2v) is 13.8. The molecule has 11 nitrogen and oxygen atoms in total. The summed E-state index contributed by atoms with van der Waals surface area (Å²) in [6, 6.07) is 4.74. The summed E-state index contributed by atoms with van der Waals surface area (Å²) in [6.07, 6.45) is 7.59. The van der Waals surface area contributed by atoms with Gasteiger partial charge in [0, 0.05) is 24.5 Å². The van der Waals surface area contributed by atoms with Crippen molar-refractivity contribution in [1.82, 2.24) is 20.9 Å². The number of primary amides is 1. The predicted octanol–water partition coefficient (Wildman–Crippen LogP) is 3.39. The lowest BCUT2D eigenvalue weighted by Crippen LogP contribution is -2.59. The van der Waals surface area contributed by atoms with E-state index in [-0.39, 0.29) is 36.6 Å². The molecule has 2 aliphatic carbocycles. The van der Waals surface area contributed by atoms with Gasteiger partial charge in [-0.1, -0.05) is 82.7 Å². The van der Waals surface area contributed by atoms with Gasteiger partial charge < -0.3 is 26.6 Å². The highest BCUT2D eigenvalue weighted by molar-refractivity contribution is 6.37. The van der Waals surface area contributed by atoms with Gasteiger partial charge in [-0.25, -0.2) is 0 Å². The molecule has 3 fully saturated rings. The summed E-state index contributed by atoms with van der Waals surface area (Å²) in [4.78, 5) is 81.7. The summed E-state index contributed by atoms with van der Waals surface area (Å²) in [7, 11) is 0. The number of likely N-dealkylation sites (tertiary alicyclic amines) is 1. The van der Waals surface area contributed by atoms with E-state index in [0.29, 0.717) is 17.6 Å². The molecule has 0 spiro atoms. The third-order valence-electron chi connectivity index (χ3n) is 9.91. The molecule has 0 aromatic heterocycles. The molecule has 5 atom stereocenters. The number of benzene rings is 1. The van der Waals surface area contributed by atoms with Gasteiger partial charge in [-0.3, -0.25) is 28.8 Å². The molecule has 0 radical (unpaired) electrons. The summed E-state index contributed by atoms with van der Waals surface area (Å²) in [6.45, 7) is 7.54. The molecule has 3 aliphatic rings. The molecule has 1 heterocycles. The normalized spacial score (nSPS) is 21.6. The van der Waals surface area contributed by atoms with Crippen molar-refractivity contribution in [1.29, 1.82) is 0 Å². The minimum atomic E-state index is -1.12. The van der Waals surface area contributed by atoms with Crippen LogP contribution < -0.4 is 21.7 Å². The summed E-state index contributed by atoms with van der Waals surface area (Å²) in [5.41, 5.74) is 10.7. The van der Waals surface area contributed by atoms with Crippen LogP contribution in [0.3, 0.4) is 0 Å². The molecule has 1 aliphatic heterocycles. The van der Waals surface area contributed by atoms with Gasteiger partial charge in [0.15, 0.2) is 0 Å². The molecule has 0 bridgehead atoms. The molecule has 5 N–H and O–H groups in total. The van der Waals surface area contributed by atoms with E-state index in [9.17, 15) is 28.8 Å². The van der Waals surface area contributed by atoms with Crippen LogP contribution in [0.25, 0.3) is 0 Å². The van der Waals surface area contributed by atoms with E-state index < -0.39 is 53.6 Å². The fourth-order valence-electron chi connectivity index (χ4n) is 7.10. The van der Waals surface area contributed by atoms with E-state index >= 15 is 0 Å². The summed E-state index contributed by atoms with van der Waals surface area (Å²) in [5, 5.41) is 8.60. The van der Waals surface area contributed by atoms with Crippen LogP contribution in [0.4, 0.5) is 0 Å². The number of nitrogens with one attached hydrogen (secondary N) is 3. The zero-order chi connectivity index (χ0) is 35.0. The van der Waals surface area contributed by atoms with Crippen molar-refractivity contribution < 1.29 is 28.8 Å². The van der Waals surface area contributed by atoms with Crippen LogP contribution in [0.15, 0.2) is 47.2 Å². The number of rotatable bonds is 13. The molecule has 1 aromatic carbocycles. The van der Waals surface area contributed by atoms with Crippen molar-refractivity contribution >= 4 is 35.3 Å². The maximum Gasteiger partial charge on any atom is 0.287 e. The van der Waals surface area contributed by atoms with Gasteiger partial charge >= 0.3 is 0 Å². The fraction of sp³-hybridized carbons (Fsp3) is 0.595. The Morgan fingerprint density at radius 2 is 1.58 bits per heavy atom. The Balaban J connectivity index is 1.69. The van der Waals surface area contributed by atoms with Crippen LogP contribution >= 0.6 is 0 Å². The molecular formula is C37H51N5O6. The largest absolute Gasteiger partial charge is 0.363 e. The number of amides is 5. The molecule has 48 heavy (non-hydrogen) atoms. The van der Waals surface area contributed by atoms with Crippen LogP contribution in [-0.2, 0) is 28.8 Å². The lowest BCUT2D eigenvalue weighted by molar-refractivity contribution is -0.144. The first-order valence-corrected chi connectivity index (χ1v) is 17.4. The number of carbonyl (C=O) groups is 6. The Kier molecular flexibility index (Phi) is 12.8. The zero-order valence-electron chi connectivity index (χ0n) is 28.7. The van der Waals surface area contributed by atoms with E-state index in [4.69, 9.17) is 5.73 Å². The minimum Gasteiger partial charge on any atom is -0.363 e. The fourth-order valence-corrected chi connectivity index (χ4v) is 7.10. The number of nitrogens with zero attached hydrogens (tertiary/aromatic N) is 1. The van der Waals surface area contributed by atoms with Crippen molar-refractivity contribution in [2.45, 2.75) is 116 Å². The Labute approximate surface area is 283 Å². The summed E-state index contributed by atoms with van der Waals surface area (Å²) >= 11 is 0. The van der Waals surface area contributed by atoms with Gasteiger partial charge in [0.05, 0.1) is 6.04 Å². The monoisotopic (exact) mass is 661 g/mol. The van der Waals surface area contributed by atoms with Crippen LogP contribution in [-0.4, -0.2) is 64.9 Å². The molecule has 1 unspecified atom stereocenters. The second-order valence-electron chi connectivity index (χ2n) is 13.8. The smallest absolute Gasteiger partial charge is 0.287 e. The molecule has 5 amide bonds. The molecular weight excluding hydrogens is 610 g/mol. The molecule has 4 rings (SSSR count). The van der Waals surface area contributed by atoms with E-state index in [1.54, 1.807) is 31.2 Å². The van der Waals surface area contributed by atoms with Gasteiger partial charge in [-0.2, -0.15) is 0 Å². The van der Waals surface area contributed by atoms with E-state index in [2.05, 4.69) is 21.7 Å². The first-order chi connectivity index (χ1) is 22.9. The SMILES string of the molecule is CCC(=O)N[C@H](C(=O)N[C@H](C(=O)N1C[C@H](C)C(=C=C(C)C)[C@H]1C(=O)NC(CC1CCC1)C(=O)C(N)=O)C1CCCCC1)c1ccccc1. The first-order valence-electron chi connectivity index (χ1n) is 17.4. The Bertz CT molecular complexity index is 1440. The average Bonchev–Trinajstić information content (AvgIpc) is 3.38. The van der Waals surface area contributed by atoms with Gasteiger partial charge in [-0.05, 0) is 56.1 Å². The summed E-state index contributed by atoms with van der Waals surface area (Å²) in [5.74, 6) is -3.98. The van der Waals surface area contributed by atoms with E-state index in [1.807, 2.05) is 26.8 Å². The molecule has 260 valence electrons. The number of hydrogen-bond donors (Lipinski definition) is 4. The van der Waals surface area contributed by atoms with Crippen molar-refractivity contribution in [3.63, 3.8) is 0 Å². The maximum atomic E-state index is 14.7. The second kappa shape index (κ2) is 16.7. The van der Waals surface area contributed by atoms with Crippen LogP contribution in [0.1, 0.15) is 104 Å². The third-order valence-corrected chi connectivity index (χ3v) is 9.91. The predicted molar refractivity (Wildman–Crippen MR) is 181 cm³/mol. The van der Waals surface area contributed by atoms with Crippen molar-refractivity contribution in [2.75, 3.05) is 6.54 Å². The molecule has 11 heteroatoms. The number of ketones is 1. The maximum absolute atomic E-state index is 14.7. The highest BCUT2D eigenvalue weighted by Crippen LogP contribution is 2.34. The van der Waals surface area contributed by atoms with Gasteiger partial charge in [-0.15, -0.1) is 5.73 Å². The van der Waals surface area contributed by atoms with Gasteiger partial charge in [0.2, 0.25) is 29.4 Å². The molecule has 2 saturated carbocycles. The van der Waals surface area contributed by atoms with Crippen molar-refractivity contribution in [3.8, 4) is 0 Å². The number of hydrogen-bond acceptors (Lipinski definition) is 6. The van der Waals surface area contributed by atoms with E-state index in [1.165, 1.54) is 4.90 Å². The van der Waals surface area contributed by atoms with Crippen LogP contribution in [0.5, 0.6) is 0 Å². The van der Waals surface area contributed by atoms with Gasteiger partial charge in [0.1, 0.15) is 18.1 Å². The zero-order valence-corrected chi connectivity index (χ0v) is 28.7. The third kappa shape index (κ3) is 9.01. The Hall–Kier alpha value is -4.24. The lowest BCUT2D eigenvalue weighted by Gasteiger charge is -2.36. The van der Waals surface area contributed by atoms with Crippen molar-refractivity contribution in [2.24, 2.45) is 23.5 Å². The van der Waals surface area contributed by atoms with E-state index in [0.717, 1.165) is 56.9 Å². The van der Waals surface area contributed by atoms with Crippen molar-refractivity contribution in [3.05, 3.63) is 52.8 Å². The average molecular weight is 662 g/mol. The topological polar surface area (TPSA) is 168 Å².